The number of rotatable bonds is 4. The van der Waals surface area contributed by atoms with E-state index in [1.807, 2.05) is 0 Å². The van der Waals surface area contributed by atoms with Gasteiger partial charge in [0.15, 0.2) is 0 Å². The molecule has 3 heterocycles. The summed E-state index contributed by atoms with van der Waals surface area (Å²) in [4.78, 5) is 0. The highest BCUT2D eigenvalue weighted by atomic mass is 16.7. The standard InChI is InChI=1S/C42H35BN2O2/c1-41(2)42(3,4)47-43(46-41)29-14-12-17-31(27-29)45-36-21-10-8-18-33(36)35-26-28(24-25-38(35)45)32-20-13-23-39-40(32)34-19-9-11-22-37(34)44(39)30-15-6-5-7-16-30/h5-27H,1-4H3. The lowest BCUT2D eigenvalue weighted by Crippen LogP contribution is -2.41. The molecule has 0 N–H and O–H groups in total. The van der Waals surface area contributed by atoms with Gasteiger partial charge in [0.1, 0.15) is 0 Å². The van der Waals surface area contributed by atoms with Crippen LogP contribution in [0.25, 0.3) is 66.1 Å². The minimum Gasteiger partial charge on any atom is -0.399 e. The lowest BCUT2D eigenvalue weighted by atomic mass is 9.79. The summed E-state index contributed by atoms with van der Waals surface area (Å²) in [6, 6.07) is 50.3. The summed E-state index contributed by atoms with van der Waals surface area (Å²) in [5, 5.41) is 4.97. The summed E-state index contributed by atoms with van der Waals surface area (Å²) >= 11 is 0. The van der Waals surface area contributed by atoms with Crippen molar-refractivity contribution in [2.24, 2.45) is 0 Å². The van der Waals surface area contributed by atoms with E-state index >= 15 is 0 Å². The van der Waals surface area contributed by atoms with Crippen LogP contribution in [0, 0.1) is 0 Å². The number of hydrogen-bond acceptors (Lipinski definition) is 2. The highest BCUT2D eigenvalue weighted by molar-refractivity contribution is 6.62. The predicted octanol–water partition coefficient (Wildman–Crippen LogP) is 9.85. The Kier molecular flexibility index (Phi) is 6.11. The first kappa shape index (κ1) is 28.2. The minimum atomic E-state index is -0.418. The second-order valence-electron chi connectivity index (χ2n) is 13.7. The Morgan fingerprint density at radius 1 is 0.468 bits per heavy atom. The van der Waals surface area contributed by atoms with Crippen LogP contribution in [0.2, 0.25) is 0 Å². The maximum Gasteiger partial charge on any atom is 0.494 e. The summed E-state index contributed by atoms with van der Waals surface area (Å²) < 4.78 is 17.6. The van der Waals surface area contributed by atoms with E-state index in [2.05, 4.69) is 176 Å². The van der Waals surface area contributed by atoms with E-state index in [0.29, 0.717) is 0 Å². The Balaban J connectivity index is 1.23. The van der Waals surface area contributed by atoms with Crippen LogP contribution in [0.1, 0.15) is 27.7 Å². The summed E-state index contributed by atoms with van der Waals surface area (Å²) in [5.41, 5.74) is 9.66. The van der Waals surface area contributed by atoms with Crippen molar-refractivity contribution in [3.8, 4) is 22.5 Å². The predicted molar refractivity (Wildman–Crippen MR) is 196 cm³/mol. The minimum absolute atomic E-state index is 0.396. The van der Waals surface area contributed by atoms with Crippen LogP contribution in [-0.2, 0) is 9.31 Å². The van der Waals surface area contributed by atoms with Gasteiger partial charge in [-0.3, -0.25) is 0 Å². The molecule has 0 aliphatic carbocycles. The van der Waals surface area contributed by atoms with Crippen molar-refractivity contribution in [3.63, 3.8) is 0 Å². The number of hydrogen-bond donors (Lipinski definition) is 0. The molecule has 0 radical (unpaired) electrons. The van der Waals surface area contributed by atoms with Crippen molar-refractivity contribution >= 4 is 56.2 Å². The molecule has 4 nitrogen and oxygen atoms in total. The number of aromatic nitrogens is 2. The third kappa shape index (κ3) is 4.24. The molecule has 0 atom stereocenters. The lowest BCUT2D eigenvalue weighted by Gasteiger charge is -2.32. The normalized spacial score (nSPS) is 15.8. The zero-order chi connectivity index (χ0) is 31.9. The zero-order valence-electron chi connectivity index (χ0n) is 27.1. The molecule has 1 aliphatic rings. The summed E-state index contributed by atoms with van der Waals surface area (Å²) in [7, 11) is -0.418. The van der Waals surface area contributed by atoms with Gasteiger partial charge in [-0.15, -0.1) is 0 Å². The van der Waals surface area contributed by atoms with Crippen LogP contribution >= 0.6 is 0 Å². The fourth-order valence-corrected chi connectivity index (χ4v) is 7.32. The molecule has 0 amide bonds. The third-order valence-corrected chi connectivity index (χ3v) is 10.3. The van der Waals surface area contributed by atoms with E-state index in [1.54, 1.807) is 0 Å². The van der Waals surface area contributed by atoms with Crippen LogP contribution in [0.15, 0.2) is 140 Å². The zero-order valence-corrected chi connectivity index (χ0v) is 27.1. The van der Waals surface area contributed by atoms with E-state index < -0.39 is 18.3 Å². The maximum atomic E-state index is 6.42. The van der Waals surface area contributed by atoms with E-state index in [9.17, 15) is 0 Å². The highest BCUT2D eigenvalue weighted by Crippen LogP contribution is 2.41. The molecule has 5 heteroatoms. The second kappa shape index (κ2) is 10.2. The monoisotopic (exact) mass is 610 g/mol. The van der Waals surface area contributed by atoms with E-state index in [1.165, 1.54) is 54.7 Å². The van der Waals surface area contributed by atoms with Gasteiger partial charge in [-0.2, -0.15) is 0 Å². The fraction of sp³-hybridized carbons (Fsp3) is 0.143. The number of benzene rings is 6. The molecule has 9 rings (SSSR count). The number of fused-ring (bicyclic) bond motifs is 6. The van der Waals surface area contributed by atoms with Gasteiger partial charge in [-0.25, -0.2) is 0 Å². The molecule has 228 valence electrons. The maximum absolute atomic E-state index is 6.42. The first-order chi connectivity index (χ1) is 22.8. The largest absolute Gasteiger partial charge is 0.494 e. The van der Waals surface area contributed by atoms with Crippen molar-refractivity contribution in [1.82, 2.24) is 9.13 Å². The van der Waals surface area contributed by atoms with E-state index in [-0.39, 0.29) is 0 Å². The molecule has 1 aliphatic heterocycles. The van der Waals surface area contributed by atoms with Crippen molar-refractivity contribution in [3.05, 3.63) is 140 Å². The van der Waals surface area contributed by atoms with Crippen LogP contribution in [0.4, 0.5) is 0 Å². The van der Waals surface area contributed by atoms with Gasteiger partial charge in [0, 0.05) is 32.9 Å². The van der Waals surface area contributed by atoms with Crippen molar-refractivity contribution in [2.45, 2.75) is 38.9 Å². The summed E-state index contributed by atoms with van der Waals surface area (Å²) in [6.07, 6.45) is 0. The van der Waals surface area contributed by atoms with Crippen molar-refractivity contribution < 1.29 is 9.31 Å². The van der Waals surface area contributed by atoms with Gasteiger partial charge < -0.3 is 18.4 Å². The average Bonchev–Trinajstić information content (AvgIpc) is 3.68. The van der Waals surface area contributed by atoms with Crippen LogP contribution in [-0.4, -0.2) is 27.5 Å². The molecule has 1 fully saturated rings. The van der Waals surface area contributed by atoms with Crippen LogP contribution < -0.4 is 5.46 Å². The van der Waals surface area contributed by atoms with E-state index in [4.69, 9.17) is 9.31 Å². The molecular weight excluding hydrogens is 575 g/mol. The Hall–Kier alpha value is -5.10. The quantitative estimate of drug-likeness (QED) is 0.186. The SMILES string of the molecule is CC1(C)OB(c2cccc(-n3c4ccccc4c4cc(-c5cccc6c5c5ccccc5n6-c5ccccc5)ccc43)c2)OC1(C)C. The summed E-state index contributed by atoms with van der Waals surface area (Å²) in [5.74, 6) is 0. The highest BCUT2D eigenvalue weighted by Gasteiger charge is 2.51. The Morgan fingerprint density at radius 2 is 1.04 bits per heavy atom. The molecule has 0 bridgehead atoms. The van der Waals surface area contributed by atoms with Gasteiger partial charge in [-0.1, -0.05) is 84.9 Å². The number of nitrogens with zero attached hydrogens (tertiary/aromatic N) is 2. The number of para-hydroxylation sites is 3. The van der Waals surface area contributed by atoms with Gasteiger partial charge >= 0.3 is 7.12 Å². The molecule has 2 aromatic heterocycles. The smallest absolute Gasteiger partial charge is 0.399 e. The Morgan fingerprint density at radius 3 is 1.81 bits per heavy atom. The van der Waals surface area contributed by atoms with E-state index in [0.717, 1.165) is 16.8 Å². The molecule has 1 saturated heterocycles. The van der Waals surface area contributed by atoms with Gasteiger partial charge in [0.25, 0.3) is 0 Å². The molecule has 0 unspecified atom stereocenters. The van der Waals surface area contributed by atoms with Gasteiger partial charge in [-0.05, 0) is 98.9 Å². The van der Waals surface area contributed by atoms with Crippen LogP contribution in [0.3, 0.4) is 0 Å². The second-order valence-corrected chi connectivity index (χ2v) is 13.7. The van der Waals surface area contributed by atoms with Crippen molar-refractivity contribution in [2.75, 3.05) is 0 Å². The van der Waals surface area contributed by atoms with Gasteiger partial charge in [0.2, 0.25) is 0 Å². The molecule has 0 saturated carbocycles. The molecule has 8 aromatic rings. The Labute approximate surface area is 274 Å². The lowest BCUT2D eigenvalue weighted by molar-refractivity contribution is 0.00578. The topological polar surface area (TPSA) is 28.3 Å². The molecular formula is C42H35BN2O2. The summed E-state index contributed by atoms with van der Waals surface area (Å²) in [6.45, 7) is 8.39. The van der Waals surface area contributed by atoms with Crippen molar-refractivity contribution in [1.29, 1.82) is 0 Å². The first-order valence-electron chi connectivity index (χ1n) is 16.4. The molecule has 0 spiro atoms. The third-order valence-electron chi connectivity index (χ3n) is 10.3. The van der Waals surface area contributed by atoms with Gasteiger partial charge in [0.05, 0.1) is 33.3 Å². The van der Waals surface area contributed by atoms with Crippen LogP contribution in [0.5, 0.6) is 0 Å². The average molecular weight is 611 g/mol. The Bertz CT molecular complexity index is 2470. The molecule has 47 heavy (non-hydrogen) atoms. The molecule has 6 aromatic carbocycles. The fourth-order valence-electron chi connectivity index (χ4n) is 7.32. The first-order valence-corrected chi connectivity index (χ1v) is 16.4.